The molecule has 666 valence electrons. The molecule has 0 bridgehead atoms. The third kappa shape index (κ3) is 19.2. The van der Waals surface area contributed by atoms with Gasteiger partial charge in [-0.1, -0.05) is 292 Å². The van der Waals surface area contributed by atoms with Gasteiger partial charge in [0.25, 0.3) is 17.5 Å². The van der Waals surface area contributed by atoms with Crippen LogP contribution in [0.5, 0.6) is 5.75 Å². The Labute approximate surface area is 826 Å². The summed E-state index contributed by atoms with van der Waals surface area (Å²) in [5.74, 6) is 6.22. The summed E-state index contributed by atoms with van der Waals surface area (Å²) in [6.07, 6.45) is 25.6. The van der Waals surface area contributed by atoms with Gasteiger partial charge in [0.2, 0.25) is 5.69 Å². The summed E-state index contributed by atoms with van der Waals surface area (Å²) >= 11 is 0. The van der Waals surface area contributed by atoms with E-state index in [4.69, 9.17) is 15.7 Å². The molecule has 7 aliphatic heterocycles. The molecule has 13 heterocycles. The van der Waals surface area contributed by atoms with Crippen LogP contribution in [0.2, 0.25) is 0 Å². The number of hydrogen-bond acceptors (Lipinski definition) is 5. The Bertz CT molecular complexity index is 7880. The maximum Gasteiger partial charge on any atom is 0.295 e. The fourth-order valence-corrected chi connectivity index (χ4v) is 17.7. The minimum absolute atomic E-state index is 0. The van der Waals surface area contributed by atoms with E-state index < -0.39 is 12.1 Å². The Kier molecular flexibility index (Phi) is 26.5. The van der Waals surface area contributed by atoms with Crippen molar-refractivity contribution >= 4 is 43.8 Å². The van der Waals surface area contributed by atoms with E-state index in [9.17, 15) is 0 Å². The number of para-hydroxylation sites is 5. The number of fused-ring (bicyclic) bond motifs is 18. The zero-order valence-electron chi connectivity index (χ0n) is 80.6. The van der Waals surface area contributed by atoms with E-state index in [2.05, 4.69) is 337 Å². The van der Waals surface area contributed by atoms with Crippen LogP contribution in [0.1, 0.15) is 117 Å². The SMILES string of the molecule is C.C.C.C=C1Oc2ccccc2[C-]=C1c1ccccn1.CC(C)c1cccc(C(C)C)c1-n1cc[n+]2c1-c1ccccc1C2.[2H]c1c([2H])c([2H])c2c(c1[2H])C[n+]1c([2H])c([2H])c([2H])c([2H])c1-2.[Ir].[Ir].[c-]1ccccc1-c1ccccn1.[c-]1ccccc1N1C=C2C=CC=CN2[CH-]1.c1ccc2c(c1)C[n+]1c-2n(-c2cccc3ccccc23)c2ccccc21.c1ccc2c(c1)C[n+]1ccn(-c3cccc4ccccc34)c1-2. The molecule has 7 aliphatic rings. The number of pyridine rings is 3. The fourth-order valence-electron chi connectivity index (χ4n) is 17.7. The average Bonchev–Trinajstić information content (AvgIpc) is 1.57. The van der Waals surface area contributed by atoms with Crippen molar-refractivity contribution in [3.63, 3.8) is 0 Å². The second kappa shape index (κ2) is 42.6. The molecule has 0 amide bonds. The molecule has 14 heteroatoms. The number of benzene rings is 13. The predicted octanol–water partition coefficient (Wildman–Crippen LogP) is 26.4. The molecule has 13 aromatic carbocycles. The zero-order valence-corrected chi connectivity index (χ0v) is 77.3. The molecule has 0 fully saturated rings. The van der Waals surface area contributed by atoms with Gasteiger partial charge in [0.15, 0.2) is 23.8 Å². The van der Waals surface area contributed by atoms with E-state index in [1.165, 1.54) is 122 Å². The molecule has 0 atom stereocenters. The van der Waals surface area contributed by atoms with Crippen molar-refractivity contribution in [2.24, 2.45) is 0 Å². The number of rotatable bonds is 8. The number of aromatic nitrogens is 9. The van der Waals surface area contributed by atoms with Gasteiger partial charge in [-0.15, -0.1) is 60.4 Å². The largest absolute Gasteiger partial charge is 0.527 e. The first-order chi connectivity index (χ1) is 66.9. The molecule has 0 saturated carbocycles. The normalized spacial score (nSPS) is 13.4. The van der Waals surface area contributed by atoms with Crippen molar-refractivity contribution in [3.05, 3.63) is 513 Å². The van der Waals surface area contributed by atoms with Gasteiger partial charge in [-0.05, 0) is 120 Å². The standard InChI is InChI=1S/C24H17N2.C22H25N2.C20H15N2.C15H10NO.C13H10N2.C12H10N.C11H8N.3CH4.2Ir/c1-3-11-19-17(8-1)10-7-15-21(19)26-23-14-6-5-13-22(23)25-16-18-9-2-4-12-20(18)24(25)26;1-15(2)18-10-7-11-19(16(3)4)21(18)24-13-12-23-14-17-8-5-6-9-20(17)22(23)24;1-3-9-17-15(6-1)8-5-11-19(17)22-13-12-21-14-16-7-2-4-10-18(16)20(21)22;1-11-13(14-7-4-5-9-16-14)10-12-6-2-3-8-15(12)17-11;1-2-6-12(7-3-1)15-10-13-8-4-5-9-14(13)11-15;1-2-6-11-10(5-1)9-13-8-4-3-7-12(11)13;1-2-6-10(7-3-1)11-8-4-5-9-12-11;;;;;/h1-15H,16H2;5-13,15-16H,14H2,1-4H3;1-13H,14H2;2-9H,1H2;1-6,8-11H;1-8H,9H2;1-6,8-9H;3*1H4;;/q3*+1;-1;-2;+1;-1;;;;;/i;;;;;1D,2D,3D,4D,5D,6D,7D,8D;;;;;;. The van der Waals surface area contributed by atoms with Crippen molar-refractivity contribution in [1.82, 2.24) is 28.6 Å². The first kappa shape index (κ1) is 83.5. The molecule has 0 unspecified atom stereocenters. The molecule has 12 nitrogen and oxygen atoms in total. The molecule has 0 spiro atoms. The van der Waals surface area contributed by atoms with E-state index in [1.54, 1.807) is 12.4 Å². The molecule has 0 N–H and O–H groups in total. The van der Waals surface area contributed by atoms with E-state index in [-0.39, 0.29) is 117 Å². The van der Waals surface area contributed by atoms with Crippen molar-refractivity contribution < 1.29 is 74.2 Å². The van der Waals surface area contributed by atoms with Gasteiger partial charge in [0.05, 0.1) is 43.4 Å². The zero-order chi connectivity index (χ0) is 94.1. The van der Waals surface area contributed by atoms with Crippen LogP contribution >= 0.6 is 0 Å². The van der Waals surface area contributed by atoms with Gasteiger partial charge in [0, 0.05) is 120 Å². The van der Waals surface area contributed by atoms with E-state index in [0.29, 0.717) is 23.2 Å². The molecule has 0 aliphatic carbocycles. The van der Waals surface area contributed by atoms with Crippen LogP contribution in [0.4, 0.5) is 5.69 Å². The summed E-state index contributed by atoms with van der Waals surface area (Å²) in [7, 11) is 0. The maximum absolute atomic E-state index is 7.98. The third-order valence-electron chi connectivity index (χ3n) is 23.7. The van der Waals surface area contributed by atoms with Crippen LogP contribution < -0.4 is 27.9 Å². The quantitative estimate of drug-likeness (QED) is 0.112. The molecule has 134 heavy (non-hydrogen) atoms. The summed E-state index contributed by atoms with van der Waals surface area (Å²) in [4.78, 5) is 12.7. The minimum Gasteiger partial charge on any atom is -0.527 e. The molecule has 6 aromatic heterocycles. The van der Waals surface area contributed by atoms with Gasteiger partial charge in [-0.25, -0.2) is 13.7 Å². The van der Waals surface area contributed by atoms with Gasteiger partial charge in [-0.3, -0.25) is 4.98 Å². The van der Waals surface area contributed by atoms with Gasteiger partial charge >= 0.3 is 0 Å². The number of anilines is 1. The van der Waals surface area contributed by atoms with Crippen molar-refractivity contribution in [2.45, 2.75) is 88.0 Å². The monoisotopic (exact) mass is 2110 g/mol. The van der Waals surface area contributed by atoms with Crippen LogP contribution in [-0.2, 0) is 66.4 Å². The Morgan fingerprint density at radius 3 is 1.66 bits per heavy atom. The number of allylic oxidation sites excluding steroid dienone is 4. The Hall–Kier alpha value is -14.9. The summed E-state index contributed by atoms with van der Waals surface area (Å²) in [5.41, 5.74) is 24.8. The minimum atomic E-state index is -0.411. The summed E-state index contributed by atoms with van der Waals surface area (Å²) in [6, 6.07) is 111. The molecule has 19 aromatic rings. The smallest absolute Gasteiger partial charge is 0.295 e. The number of hydrogen-bond donors (Lipinski definition) is 0. The molecule has 2 radical (unpaired) electrons. The Morgan fingerprint density at radius 1 is 0.463 bits per heavy atom. The first-order valence-electron chi connectivity index (χ1n) is 47.5. The van der Waals surface area contributed by atoms with Gasteiger partial charge in [-0.2, -0.15) is 48.6 Å². The topological polar surface area (TPSA) is 71.8 Å². The maximum atomic E-state index is 7.98. The first-order valence-corrected chi connectivity index (χ1v) is 43.5. The number of nitrogens with zero attached hydrogens (tertiary/aromatic N) is 11. The summed E-state index contributed by atoms with van der Waals surface area (Å²) in [5, 5.41) is 5.11. The van der Waals surface area contributed by atoms with Crippen LogP contribution in [0.15, 0.2) is 444 Å². The van der Waals surface area contributed by atoms with Crippen molar-refractivity contribution in [2.75, 3.05) is 4.90 Å². The van der Waals surface area contributed by atoms with E-state index in [1.807, 2.05) is 134 Å². The second-order valence-corrected chi connectivity index (χ2v) is 32.5. The van der Waals surface area contributed by atoms with Crippen molar-refractivity contribution in [1.29, 1.82) is 0 Å². The Morgan fingerprint density at radius 2 is 1.01 bits per heavy atom. The molecular formula is C120H107Ir2N11O. The van der Waals surface area contributed by atoms with Crippen LogP contribution in [0.25, 0.3) is 112 Å². The Balaban J connectivity index is 0.000000126. The average molecular weight is 2110 g/mol. The second-order valence-electron chi connectivity index (χ2n) is 32.5. The van der Waals surface area contributed by atoms with Crippen LogP contribution in [-0.4, -0.2) is 28.6 Å². The van der Waals surface area contributed by atoms with Gasteiger partial charge in [0.1, 0.15) is 62.9 Å². The molecule has 26 rings (SSSR count). The van der Waals surface area contributed by atoms with Gasteiger partial charge < -0.3 is 19.5 Å². The predicted molar refractivity (Wildman–Crippen MR) is 539 cm³/mol. The summed E-state index contributed by atoms with van der Waals surface area (Å²) in [6.45, 7) is 18.0. The fraction of sp³-hybridized carbons (Fsp3) is 0.108. The molecule has 0 saturated heterocycles. The third-order valence-corrected chi connectivity index (χ3v) is 23.7. The molecular weight excluding hydrogens is 2000 g/mol. The summed E-state index contributed by atoms with van der Waals surface area (Å²) < 4.78 is 83.8. The van der Waals surface area contributed by atoms with Crippen LogP contribution in [0.3, 0.4) is 0 Å². The van der Waals surface area contributed by atoms with E-state index in [0.717, 1.165) is 59.2 Å². The van der Waals surface area contributed by atoms with Crippen molar-refractivity contribution in [3.8, 4) is 79.5 Å². The van der Waals surface area contributed by atoms with E-state index >= 15 is 0 Å². The number of ether oxygens (including phenoxy) is 1. The number of imidazole rings is 3. The van der Waals surface area contributed by atoms with Crippen LogP contribution in [0, 0.1) is 24.9 Å².